The van der Waals surface area contributed by atoms with E-state index in [1.54, 1.807) is 25.6 Å². The van der Waals surface area contributed by atoms with Crippen molar-refractivity contribution in [2.24, 2.45) is 5.11 Å². The quantitative estimate of drug-likeness (QED) is 0.0614. The molecule has 0 unspecified atom stereocenters. The second-order valence-electron chi connectivity index (χ2n) is 7.89. The molecule has 2 aromatic heterocycles. The number of hydrogen-bond acceptors (Lipinski definition) is 6. The molecule has 0 amide bonds. The zero-order valence-electron chi connectivity index (χ0n) is 20.8. The van der Waals surface area contributed by atoms with E-state index in [0.717, 1.165) is 28.1 Å². The maximum Gasteiger partial charge on any atom is 1.00 e. The molecule has 0 aliphatic heterocycles. The fourth-order valence-electron chi connectivity index (χ4n) is 3.61. The molecule has 0 radical (unpaired) electrons. The topological polar surface area (TPSA) is 115 Å². The molecule has 0 fully saturated rings. The fraction of sp³-hybridized carbons (Fsp3) is 0.240. The van der Waals surface area contributed by atoms with Crippen LogP contribution in [0.5, 0.6) is 5.75 Å². The smallest absolute Gasteiger partial charge is 1.00 e. The summed E-state index contributed by atoms with van der Waals surface area (Å²) in [7, 11) is 1.62. The van der Waals surface area contributed by atoms with Crippen molar-refractivity contribution in [1.29, 1.82) is 0 Å². The number of aromatic nitrogens is 4. The van der Waals surface area contributed by atoms with Crippen LogP contribution < -0.4 is 58.3 Å². The summed E-state index contributed by atoms with van der Waals surface area (Å²) in [6.45, 7) is 2.28. The summed E-state index contributed by atoms with van der Waals surface area (Å²) < 4.78 is 26.6. The van der Waals surface area contributed by atoms with Crippen molar-refractivity contribution in [3.05, 3.63) is 99.9 Å². The Hall–Kier alpha value is -2.70. The van der Waals surface area contributed by atoms with E-state index < -0.39 is 0 Å². The van der Waals surface area contributed by atoms with Crippen LogP contribution in [0.4, 0.5) is 4.39 Å². The summed E-state index contributed by atoms with van der Waals surface area (Å²) in [6, 6.07) is 12.0. The van der Waals surface area contributed by atoms with Gasteiger partial charge in [0.25, 0.3) is 0 Å². The number of hydrogen-bond donors (Lipinski definition) is 0. The minimum atomic E-state index is -0.296. The number of ether oxygens (including phenoxy) is 1. The van der Waals surface area contributed by atoms with Gasteiger partial charge in [-0.2, -0.15) is 0 Å². The van der Waals surface area contributed by atoms with Crippen molar-refractivity contribution in [3.63, 3.8) is 0 Å². The SMILES string of the molecule is COc1cc(C=C(CCCN=[N+]=[N-])c2nnc(Cc3ccc(F)cc3)o2)ccc1-n1cnc(C)c1.[I-].[Na+]. The molecule has 2 aromatic carbocycles. The largest absolute Gasteiger partial charge is 1.00 e. The molecule has 0 atom stereocenters. The second-order valence-corrected chi connectivity index (χ2v) is 7.89. The van der Waals surface area contributed by atoms with E-state index in [0.29, 0.717) is 43.3 Å². The van der Waals surface area contributed by atoms with E-state index in [1.165, 1.54) is 12.1 Å². The summed E-state index contributed by atoms with van der Waals surface area (Å²) in [4.78, 5) is 7.09. The monoisotopic (exact) mass is 623 g/mol. The van der Waals surface area contributed by atoms with E-state index in [9.17, 15) is 4.39 Å². The predicted octanol–water partition coefficient (Wildman–Crippen LogP) is -0.0587. The molecule has 4 aromatic rings. The van der Waals surface area contributed by atoms with Crippen LogP contribution in [0.25, 0.3) is 27.8 Å². The minimum absolute atomic E-state index is 0. The zero-order chi connectivity index (χ0) is 24.6. The first-order valence-corrected chi connectivity index (χ1v) is 11.0. The average molecular weight is 623 g/mol. The van der Waals surface area contributed by atoms with Gasteiger partial charge in [0, 0.05) is 23.2 Å². The molecule has 0 bridgehead atoms. The number of azide groups is 1. The standard InChI is InChI=1S/C25H24FN7O2.HI.Na/c1-17-15-33(16-28-17)22-10-7-19(13-23(22)34-2)12-20(4-3-11-29-32-27)25-31-30-24(35-25)14-18-5-8-21(26)9-6-18;;/h5-10,12-13,15-16H,3-4,11,14H2,1-2H3;1H;/q;;+1/p-1. The van der Waals surface area contributed by atoms with Crippen LogP contribution in [-0.4, -0.2) is 33.4 Å². The molecule has 2 heterocycles. The number of methoxy groups -OCH3 is 1. The normalized spacial score (nSPS) is 10.7. The molecule has 12 heteroatoms. The van der Waals surface area contributed by atoms with Gasteiger partial charge >= 0.3 is 29.6 Å². The number of aryl methyl sites for hydroxylation is 1. The molecule has 0 saturated carbocycles. The Morgan fingerprint density at radius 1 is 1.22 bits per heavy atom. The molecule has 0 saturated heterocycles. The van der Waals surface area contributed by atoms with Crippen molar-refractivity contribution < 1.29 is 67.1 Å². The molecular weight excluding hydrogens is 599 g/mol. The third-order valence-corrected chi connectivity index (χ3v) is 5.31. The van der Waals surface area contributed by atoms with Gasteiger partial charge in [-0.1, -0.05) is 23.3 Å². The van der Waals surface area contributed by atoms with E-state index in [2.05, 4.69) is 25.2 Å². The first-order valence-electron chi connectivity index (χ1n) is 11.0. The molecule has 9 nitrogen and oxygen atoms in total. The summed E-state index contributed by atoms with van der Waals surface area (Å²) >= 11 is 0. The van der Waals surface area contributed by atoms with Crippen LogP contribution in [0.2, 0.25) is 0 Å². The van der Waals surface area contributed by atoms with Gasteiger partial charge in [-0.3, -0.25) is 0 Å². The van der Waals surface area contributed by atoms with Crippen molar-refractivity contribution in [1.82, 2.24) is 19.7 Å². The Kier molecular flexibility index (Phi) is 12.3. The fourth-order valence-corrected chi connectivity index (χ4v) is 3.61. The van der Waals surface area contributed by atoms with E-state index in [-0.39, 0.29) is 59.4 Å². The second kappa shape index (κ2) is 14.9. The van der Waals surface area contributed by atoms with E-state index in [1.807, 2.05) is 42.0 Å². The Morgan fingerprint density at radius 2 is 2.00 bits per heavy atom. The van der Waals surface area contributed by atoms with Crippen LogP contribution >= 0.6 is 0 Å². The Morgan fingerprint density at radius 3 is 2.68 bits per heavy atom. The first kappa shape index (κ1) is 30.5. The van der Waals surface area contributed by atoms with Gasteiger partial charge in [0.1, 0.15) is 11.6 Å². The van der Waals surface area contributed by atoms with Crippen LogP contribution in [0, 0.1) is 12.7 Å². The molecule has 4 rings (SSSR count). The maximum absolute atomic E-state index is 13.2. The number of rotatable bonds is 10. The summed E-state index contributed by atoms with van der Waals surface area (Å²) in [5.74, 6) is 1.20. The summed E-state index contributed by atoms with van der Waals surface area (Å²) in [6.07, 6.45) is 7.21. The van der Waals surface area contributed by atoms with Gasteiger partial charge in [0.15, 0.2) is 0 Å². The summed E-state index contributed by atoms with van der Waals surface area (Å²) in [5.41, 5.74) is 12.9. The van der Waals surface area contributed by atoms with Crippen molar-refractivity contribution in [2.45, 2.75) is 26.2 Å². The maximum atomic E-state index is 13.2. The number of nitrogens with zero attached hydrogens (tertiary/aromatic N) is 7. The van der Waals surface area contributed by atoms with Gasteiger partial charge in [-0.05, 0) is 66.8 Å². The van der Waals surface area contributed by atoms with Crippen molar-refractivity contribution in [3.8, 4) is 11.4 Å². The Balaban J connectivity index is 0.00000241. The zero-order valence-corrected chi connectivity index (χ0v) is 25.0. The van der Waals surface area contributed by atoms with Crippen molar-refractivity contribution >= 4 is 11.6 Å². The molecular formula is C25H24FIN7NaO2. The van der Waals surface area contributed by atoms with E-state index >= 15 is 0 Å². The van der Waals surface area contributed by atoms with Gasteiger partial charge < -0.3 is 37.7 Å². The van der Waals surface area contributed by atoms with Crippen LogP contribution in [0.3, 0.4) is 0 Å². The van der Waals surface area contributed by atoms with E-state index in [4.69, 9.17) is 14.7 Å². The molecule has 0 spiro atoms. The first-order chi connectivity index (χ1) is 17.1. The average Bonchev–Trinajstić information content (AvgIpc) is 3.51. The third-order valence-electron chi connectivity index (χ3n) is 5.31. The van der Waals surface area contributed by atoms with Crippen LogP contribution in [0.1, 0.15) is 41.4 Å². The summed E-state index contributed by atoms with van der Waals surface area (Å²) in [5, 5.41) is 12.0. The minimum Gasteiger partial charge on any atom is -1.00 e. The van der Waals surface area contributed by atoms with Crippen LogP contribution in [0.15, 0.2) is 64.5 Å². The number of halogens is 2. The van der Waals surface area contributed by atoms with Gasteiger partial charge in [-0.25, -0.2) is 9.37 Å². The molecule has 186 valence electrons. The third kappa shape index (κ3) is 8.41. The van der Waals surface area contributed by atoms with Crippen LogP contribution in [-0.2, 0) is 6.42 Å². The Labute approximate surface area is 253 Å². The number of imidazole rings is 1. The Bertz CT molecular complexity index is 1380. The molecule has 37 heavy (non-hydrogen) atoms. The van der Waals surface area contributed by atoms with Gasteiger partial charge in [-0.15, -0.1) is 10.2 Å². The molecule has 0 N–H and O–H groups in total. The molecule has 0 aliphatic carbocycles. The van der Waals surface area contributed by atoms with Gasteiger partial charge in [0.2, 0.25) is 11.8 Å². The molecule has 0 aliphatic rings. The number of benzene rings is 2. The van der Waals surface area contributed by atoms with Crippen molar-refractivity contribution in [2.75, 3.05) is 13.7 Å². The predicted molar refractivity (Wildman–Crippen MR) is 129 cm³/mol. The van der Waals surface area contributed by atoms with Gasteiger partial charge in [0.05, 0.1) is 31.2 Å². The number of allylic oxidation sites excluding steroid dienone is 1.